The second-order valence-electron chi connectivity index (χ2n) is 7.43. The van der Waals surface area contributed by atoms with Crippen LogP contribution in [-0.4, -0.2) is 59.9 Å². The molecule has 0 saturated carbocycles. The van der Waals surface area contributed by atoms with Gasteiger partial charge in [0.15, 0.2) is 0 Å². The molecule has 2 amide bonds. The summed E-state index contributed by atoms with van der Waals surface area (Å²) in [5.74, 6) is -1.65. The van der Waals surface area contributed by atoms with Gasteiger partial charge in [0.1, 0.15) is 5.75 Å². The van der Waals surface area contributed by atoms with E-state index >= 15 is 0 Å². The number of ether oxygens (including phenoxy) is 1. The number of aliphatic carboxylic acids is 1. The number of carboxylic acid groups (broad SMARTS) is 1. The van der Waals surface area contributed by atoms with E-state index in [2.05, 4.69) is 6.92 Å². The number of amides is 2. The Hall–Kier alpha value is -2.57. The topological polar surface area (TPSA) is 87.2 Å². The third-order valence-corrected chi connectivity index (χ3v) is 5.30. The van der Waals surface area contributed by atoms with Crippen LogP contribution in [-0.2, 0) is 14.4 Å². The normalized spacial score (nSPS) is 20.1. The van der Waals surface area contributed by atoms with Crippen LogP contribution in [0.1, 0.15) is 44.7 Å². The first-order valence-electron chi connectivity index (χ1n) is 9.71. The highest BCUT2D eigenvalue weighted by Gasteiger charge is 2.45. The number of carbonyl (C=O) groups is 3. The zero-order valence-corrected chi connectivity index (χ0v) is 17.1. The van der Waals surface area contributed by atoms with Crippen LogP contribution >= 0.6 is 0 Å². The van der Waals surface area contributed by atoms with E-state index in [1.54, 1.807) is 26.0 Å². The Morgan fingerprint density at radius 2 is 1.96 bits per heavy atom. The predicted octanol–water partition coefficient (Wildman–Crippen LogP) is 2.56. The van der Waals surface area contributed by atoms with Crippen LogP contribution in [0.25, 0.3) is 0 Å². The van der Waals surface area contributed by atoms with Gasteiger partial charge in [-0.15, -0.1) is 0 Å². The van der Waals surface area contributed by atoms with Gasteiger partial charge in [-0.1, -0.05) is 32.4 Å². The quantitative estimate of drug-likeness (QED) is 0.700. The first-order chi connectivity index (χ1) is 13.3. The molecule has 1 heterocycles. The molecule has 1 saturated heterocycles. The molecule has 1 aromatic carbocycles. The first kappa shape index (κ1) is 21.7. The van der Waals surface area contributed by atoms with Gasteiger partial charge in [-0.3, -0.25) is 14.4 Å². The van der Waals surface area contributed by atoms with E-state index in [1.165, 1.54) is 4.90 Å². The molecule has 1 aliphatic rings. The molecule has 7 heteroatoms. The maximum absolute atomic E-state index is 13.1. The number of carbonyl (C=O) groups excluding carboxylic acids is 2. The van der Waals surface area contributed by atoms with Crippen molar-refractivity contribution < 1.29 is 24.2 Å². The Bertz CT molecular complexity index is 703. The lowest BCUT2D eigenvalue weighted by atomic mass is 9.92. The number of hydrogen-bond acceptors (Lipinski definition) is 4. The minimum atomic E-state index is -0.946. The number of carboxylic acids is 1. The van der Waals surface area contributed by atoms with Crippen molar-refractivity contribution in [2.24, 2.45) is 11.8 Å². The van der Waals surface area contributed by atoms with Crippen molar-refractivity contribution in [1.82, 2.24) is 9.80 Å². The molecule has 0 aliphatic carbocycles. The zero-order valence-electron chi connectivity index (χ0n) is 17.1. The molecule has 2 rings (SSSR count). The van der Waals surface area contributed by atoms with Crippen molar-refractivity contribution in [2.45, 2.75) is 39.2 Å². The van der Waals surface area contributed by atoms with Gasteiger partial charge in [0, 0.05) is 26.6 Å². The van der Waals surface area contributed by atoms with Crippen LogP contribution in [0.4, 0.5) is 0 Å². The largest absolute Gasteiger partial charge is 0.497 e. The lowest BCUT2D eigenvalue weighted by Crippen LogP contribution is -2.40. The van der Waals surface area contributed by atoms with Gasteiger partial charge in [0.05, 0.1) is 25.0 Å². The Labute approximate surface area is 166 Å². The van der Waals surface area contributed by atoms with E-state index in [0.717, 1.165) is 18.4 Å². The first-order valence-corrected chi connectivity index (χ1v) is 9.71. The van der Waals surface area contributed by atoms with E-state index in [0.29, 0.717) is 12.3 Å². The Kier molecular flexibility index (Phi) is 7.43. The van der Waals surface area contributed by atoms with Gasteiger partial charge in [-0.2, -0.15) is 0 Å². The van der Waals surface area contributed by atoms with Crippen molar-refractivity contribution in [1.29, 1.82) is 0 Å². The fraction of sp³-hybridized carbons (Fsp3) is 0.571. The lowest BCUT2D eigenvalue weighted by Gasteiger charge is -2.30. The third-order valence-electron chi connectivity index (χ3n) is 5.30. The van der Waals surface area contributed by atoms with E-state index in [1.807, 2.05) is 24.3 Å². The summed E-state index contributed by atoms with van der Waals surface area (Å²) in [7, 11) is 3.19. The second-order valence-corrected chi connectivity index (χ2v) is 7.43. The Morgan fingerprint density at radius 1 is 1.32 bits per heavy atom. The number of hydrogen-bond donors (Lipinski definition) is 1. The SMILES string of the molecule is CCCCN1C(=O)CC(C(=O)N(C)CC(C)C(=O)O)C1c1ccc(OC)cc1. The minimum Gasteiger partial charge on any atom is -0.497 e. The molecule has 7 nitrogen and oxygen atoms in total. The summed E-state index contributed by atoms with van der Waals surface area (Å²) in [5.41, 5.74) is 0.890. The van der Waals surface area contributed by atoms with Crippen molar-refractivity contribution in [3.63, 3.8) is 0 Å². The summed E-state index contributed by atoms with van der Waals surface area (Å²) < 4.78 is 5.21. The lowest BCUT2D eigenvalue weighted by molar-refractivity contribution is -0.143. The van der Waals surface area contributed by atoms with Crippen molar-refractivity contribution in [2.75, 3.05) is 27.2 Å². The number of likely N-dealkylation sites (tertiary alicyclic amines) is 1. The number of rotatable bonds is 9. The van der Waals surface area contributed by atoms with Gasteiger partial charge < -0.3 is 19.6 Å². The molecule has 1 fully saturated rings. The van der Waals surface area contributed by atoms with Crippen LogP contribution in [0.5, 0.6) is 5.75 Å². The highest BCUT2D eigenvalue weighted by molar-refractivity contribution is 5.90. The zero-order chi connectivity index (χ0) is 20.8. The number of unbranched alkanes of at least 4 members (excludes halogenated alkanes) is 1. The molecule has 0 radical (unpaired) electrons. The van der Waals surface area contributed by atoms with Crippen LogP contribution in [0.3, 0.4) is 0 Å². The summed E-state index contributed by atoms with van der Waals surface area (Å²) in [4.78, 5) is 40.2. The second kappa shape index (κ2) is 9.57. The molecular weight excluding hydrogens is 360 g/mol. The summed E-state index contributed by atoms with van der Waals surface area (Å²) >= 11 is 0. The number of methoxy groups -OCH3 is 1. The summed E-state index contributed by atoms with van der Waals surface area (Å²) in [5, 5.41) is 9.13. The Morgan fingerprint density at radius 3 is 2.50 bits per heavy atom. The fourth-order valence-electron chi connectivity index (χ4n) is 3.68. The van der Waals surface area contributed by atoms with Gasteiger partial charge >= 0.3 is 5.97 Å². The smallest absolute Gasteiger partial charge is 0.308 e. The third kappa shape index (κ3) is 4.82. The summed E-state index contributed by atoms with van der Waals surface area (Å²) in [6.45, 7) is 4.35. The fourth-order valence-corrected chi connectivity index (χ4v) is 3.68. The van der Waals surface area contributed by atoms with Crippen LogP contribution in [0, 0.1) is 11.8 Å². The monoisotopic (exact) mass is 390 g/mol. The molecule has 3 atom stereocenters. The molecule has 1 aliphatic heterocycles. The number of benzene rings is 1. The van der Waals surface area contributed by atoms with E-state index < -0.39 is 17.8 Å². The molecular formula is C21H30N2O5. The average Bonchev–Trinajstić information content (AvgIpc) is 3.01. The maximum atomic E-state index is 13.1. The molecule has 0 aromatic heterocycles. The summed E-state index contributed by atoms with van der Waals surface area (Å²) in [6, 6.07) is 7.09. The van der Waals surface area contributed by atoms with E-state index in [4.69, 9.17) is 9.84 Å². The van der Waals surface area contributed by atoms with Crippen molar-refractivity contribution in [3.8, 4) is 5.75 Å². The van der Waals surface area contributed by atoms with Crippen LogP contribution in [0.2, 0.25) is 0 Å². The van der Waals surface area contributed by atoms with E-state index in [-0.39, 0.29) is 30.8 Å². The van der Waals surface area contributed by atoms with Gasteiger partial charge in [-0.25, -0.2) is 0 Å². The Balaban J connectivity index is 2.29. The molecule has 0 spiro atoms. The minimum absolute atomic E-state index is 0.0349. The van der Waals surface area contributed by atoms with Crippen molar-refractivity contribution >= 4 is 17.8 Å². The predicted molar refractivity (Wildman–Crippen MR) is 105 cm³/mol. The number of nitrogens with zero attached hydrogens (tertiary/aromatic N) is 2. The van der Waals surface area contributed by atoms with Gasteiger partial charge in [0.25, 0.3) is 0 Å². The van der Waals surface area contributed by atoms with Gasteiger partial charge in [-0.05, 0) is 24.1 Å². The molecule has 3 unspecified atom stereocenters. The van der Waals surface area contributed by atoms with Gasteiger partial charge in [0.2, 0.25) is 11.8 Å². The molecule has 1 aromatic rings. The average molecular weight is 390 g/mol. The summed E-state index contributed by atoms with van der Waals surface area (Å²) in [6.07, 6.45) is 1.96. The van der Waals surface area contributed by atoms with Crippen molar-refractivity contribution in [3.05, 3.63) is 29.8 Å². The van der Waals surface area contributed by atoms with Crippen LogP contribution < -0.4 is 4.74 Å². The van der Waals surface area contributed by atoms with Crippen LogP contribution in [0.15, 0.2) is 24.3 Å². The standard InChI is InChI=1S/C21H30N2O5/c1-5-6-11-23-18(24)12-17(20(25)22(3)13-14(2)21(26)27)19(23)15-7-9-16(28-4)10-8-15/h7-10,14,17,19H,5-6,11-13H2,1-4H3,(H,26,27). The van der Waals surface area contributed by atoms with E-state index in [9.17, 15) is 14.4 Å². The highest BCUT2D eigenvalue weighted by atomic mass is 16.5. The molecule has 0 bridgehead atoms. The highest BCUT2D eigenvalue weighted by Crippen LogP contribution is 2.39. The molecule has 1 N–H and O–H groups in total. The maximum Gasteiger partial charge on any atom is 0.308 e. The molecule has 28 heavy (non-hydrogen) atoms. The molecule has 154 valence electrons.